The van der Waals surface area contributed by atoms with Crippen molar-refractivity contribution in [2.75, 3.05) is 0 Å². The quantitative estimate of drug-likeness (QED) is 0.365. The van der Waals surface area contributed by atoms with E-state index in [2.05, 4.69) is 29.8 Å². The zero-order valence-corrected chi connectivity index (χ0v) is 13.4. The fourth-order valence-corrected chi connectivity index (χ4v) is 2.34. The van der Waals surface area contributed by atoms with Gasteiger partial charge in [-0.3, -0.25) is 4.79 Å². The standard InChI is InChI=1S/C16H23BrO2/c1-3-5-6-8-13(7-4-2)16(18)19-15-11-9-14(17)10-12-15/h9-13H,3-8H2,1-2H3. The predicted octanol–water partition coefficient (Wildman–Crippen LogP) is 5.35. The Kier molecular flexibility index (Phi) is 7.80. The monoisotopic (exact) mass is 326 g/mol. The van der Waals surface area contributed by atoms with Crippen molar-refractivity contribution in [1.29, 1.82) is 0 Å². The van der Waals surface area contributed by atoms with Gasteiger partial charge in [0.2, 0.25) is 0 Å². The molecule has 0 amide bonds. The van der Waals surface area contributed by atoms with Crippen LogP contribution in [0.15, 0.2) is 28.7 Å². The van der Waals surface area contributed by atoms with Gasteiger partial charge >= 0.3 is 5.97 Å². The molecule has 0 N–H and O–H groups in total. The zero-order valence-electron chi connectivity index (χ0n) is 11.8. The van der Waals surface area contributed by atoms with Gasteiger partial charge in [0.1, 0.15) is 5.75 Å². The summed E-state index contributed by atoms with van der Waals surface area (Å²) < 4.78 is 6.44. The number of carbonyl (C=O) groups excluding carboxylic acids is 1. The topological polar surface area (TPSA) is 26.3 Å². The molecule has 106 valence electrons. The summed E-state index contributed by atoms with van der Waals surface area (Å²) in [6.07, 6.45) is 6.35. The van der Waals surface area contributed by atoms with Gasteiger partial charge in [-0.15, -0.1) is 0 Å². The molecular weight excluding hydrogens is 304 g/mol. The van der Waals surface area contributed by atoms with E-state index in [9.17, 15) is 4.79 Å². The van der Waals surface area contributed by atoms with Crippen LogP contribution < -0.4 is 4.74 Å². The van der Waals surface area contributed by atoms with Gasteiger partial charge in [-0.1, -0.05) is 55.5 Å². The molecule has 1 unspecified atom stereocenters. The van der Waals surface area contributed by atoms with E-state index in [1.165, 1.54) is 12.8 Å². The average molecular weight is 327 g/mol. The van der Waals surface area contributed by atoms with Gasteiger partial charge in [-0.05, 0) is 37.1 Å². The van der Waals surface area contributed by atoms with Gasteiger partial charge in [-0.2, -0.15) is 0 Å². The third-order valence-electron chi connectivity index (χ3n) is 3.16. The molecule has 0 spiro atoms. The smallest absolute Gasteiger partial charge is 0.314 e. The van der Waals surface area contributed by atoms with Gasteiger partial charge in [0.05, 0.1) is 5.92 Å². The predicted molar refractivity (Wildman–Crippen MR) is 82.3 cm³/mol. The molecule has 1 aromatic rings. The second kappa shape index (κ2) is 9.13. The van der Waals surface area contributed by atoms with Crippen molar-refractivity contribution in [2.24, 2.45) is 5.92 Å². The molecule has 19 heavy (non-hydrogen) atoms. The number of esters is 1. The van der Waals surface area contributed by atoms with E-state index in [0.717, 1.165) is 30.2 Å². The van der Waals surface area contributed by atoms with Gasteiger partial charge < -0.3 is 4.74 Å². The van der Waals surface area contributed by atoms with E-state index in [0.29, 0.717) is 5.75 Å². The number of hydrogen-bond acceptors (Lipinski definition) is 2. The Labute approximate surface area is 124 Å². The molecule has 0 aromatic heterocycles. The van der Waals surface area contributed by atoms with E-state index in [-0.39, 0.29) is 11.9 Å². The lowest BCUT2D eigenvalue weighted by Gasteiger charge is -2.14. The molecule has 1 aromatic carbocycles. The van der Waals surface area contributed by atoms with Crippen molar-refractivity contribution in [2.45, 2.75) is 52.4 Å². The summed E-state index contributed by atoms with van der Waals surface area (Å²) in [6.45, 7) is 4.29. The summed E-state index contributed by atoms with van der Waals surface area (Å²) >= 11 is 3.37. The maximum Gasteiger partial charge on any atom is 0.314 e. The molecule has 0 fully saturated rings. The molecule has 0 bridgehead atoms. The van der Waals surface area contributed by atoms with Crippen molar-refractivity contribution in [3.8, 4) is 5.75 Å². The maximum atomic E-state index is 12.1. The third-order valence-corrected chi connectivity index (χ3v) is 3.69. The molecule has 1 atom stereocenters. The second-order valence-corrected chi connectivity index (χ2v) is 5.77. The first-order chi connectivity index (χ1) is 9.17. The number of ether oxygens (including phenoxy) is 1. The van der Waals surface area contributed by atoms with Crippen LogP contribution in [0.2, 0.25) is 0 Å². The van der Waals surface area contributed by atoms with Crippen LogP contribution in [0.1, 0.15) is 52.4 Å². The summed E-state index contributed by atoms with van der Waals surface area (Å²) in [7, 11) is 0. The van der Waals surface area contributed by atoms with Gasteiger partial charge in [-0.25, -0.2) is 0 Å². The fraction of sp³-hybridized carbons (Fsp3) is 0.562. The Morgan fingerprint density at radius 1 is 1.11 bits per heavy atom. The van der Waals surface area contributed by atoms with Gasteiger partial charge in [0, 0.05) is 4.47 Å². The van der Waals surface area contributed by atoms with Crippen LogP contribution in [-0.4, -0.2) is 5.97 Å². The lowest BCUT2D eigenvalue weighted by molar-refractivity contribution is -0.139. The Bertz CT molecular complexity index is 373. The van der Waals surface area contributed by atoms with Crippen molar-refractivity contribution in [1.82, 2.24) is 0 Å². The van der Waals surface area contributed by atoms with Crippen molar-refractivity contribution in [3.63, 3.8) is 0 Å². The first-order valence-corrected chi connectivity index (χ1v) is 7.94. The second-order valence-electron chi connectivity index (χ2n) is 4.86. The van der Waals surface area contributed by atoms with Gasteiger partial charge in [0.15, 0.2) is 0 Å². The van der Waals surface area contributed by atoms with Crippen LogP contribution in [0.4, 0.5) is 0 Å². The minimum absolute atomic E-state index is 0.0418. The maximum absolute atomic E-state index is 12.1. The van der Waals surface area contributed by atoms with Crippen LogP contribution in [-0.2, 0) is 4.79 Å². The van der Waals surface area contributed by atoms with Crippen molar-refractivity contribution in [3.05, 3.63) is 28.7 Å². The highest BCUT2D eigenvalue weighted by atomic mass is 79.9. The van der Waals surface area contributed by atoms with E-state index in [1.807, 2.05) is 24.3 Å². The van der Waals surface area contributed by atoms with Gasteiger partial charge in [0.25, 0.3) is 0 Å². The van der Waals surface area contributed by atoms with Crippen LogP contribution >= 0.6 is 15.9 Å². The molecule has 0 aliphatic rings. The lowest BCUT2D eigenvalue weighted by Crippen LogP contribution is -2.20. The Balaban J connectivity index is 2.53. The molecule has 3 heteroatoms. The summed E-state index contributed by atoms with van der Waals surface area (Å²) in [5.41, 5.74) is 0. The Hall–Kier alpha value is -0.830. The molecule has 0 saturated carbocycles. The minimum Gasteiger partial charge on any atom is -0.426 e. The molecule has 0 radical (unpaired) electrons. The lowest BCUT2D eigenvalue weighted by atomic mass is 9.97. The number of unbranched alkanes of at least 4 members (excludes halogenated alkanes) is 2. The number of carbonyl (C=O) groups is 1. The van der Waals surface area contributed by atoms with E-state index < -0.39 is 0 Å². The minimum atomic E-state index is -0.0831. The highest BCUT2D eigenvalue weighted by molar-refractivity contribution is 9.10. The summed E-state index contributed by atoms with van der Waals surface area (Å²) in [6, 6.07) is 7.40. The van der Waals surface area contributed by atoms with Crippen molar-refractivity contribution < 1.29 is 9.53 Å². The largest absolute Gasteiger partial charge is 0.426 e. The van der Waals surface area contributed by atoms with Crippen LogP contribution in [0.5, 0.6) is 5.75 Å². The third kappa shape index (κ3) is 6.24. The number of benzene rings is 1. The average Bonchev–Trinajstić information content (AvgIpc) is 2.40. The first kappa shape index (κ1) is 16.2. The number of rotatable bonds is 8. The molecule has 1 rings (SSSR count). The molecular formula is C16H23BrO2. The van der Waals surface area contributed by atoms with Crippen molar-refractivity contribution >= 4 is 21.9 Å². The van der Waals surface area contributed by atoms with Crippen LogP contribution in [0.3, 0.4) is 0 Å². The Morgan fingerprint density at radius 3 is 2.37 bits per heavy atom. The molecule has 0 heterocycles. The number of hydrogen-bond donors (Lipinski definition) is 0. The SMILES string of the molecule is CCCCCC(CCC)C(=O)Oc1ccc(Br)cc1. The van der Waals surface area contributed by atoms with E-state index in [4.69, 9.17) is 4.74 Å². The summed E-state index contributed by atoms with van der Waals surface area (Å²) in [5, 5.41) is 0. The molecule has 0 aliphatic carbocycles. The highest BCUT2D eigenvalue weighted by Gasteiger charge is 2.19. The first-order valence-electron chi connectivity index (χ1n) is 7.14. The molecule has 2 nitrogen and oxygen atoms in total. The van der Waals surface area contributed by atoms with E-state index in [1.54, 1.807) is 0 Å². The number of halogens is 1. The summed E-state index contributed by atoms with van der Waals surface area (Å²) in [4.78, 5) is 12.1. The highest BCUT2D eigenvalue weighted by Crippen LogP contribution is 2.21. The summed E-state index contributed by atoms with van der Waals surface area (Å²) in [5.74, 6) is 0.588. The molecule has 0 aliphatic heterocycles. The normalized spacial score (nSPS) is 12.2. The van der Waals surface area contributed by atoms with Crippen LogP contribution in [0.25, 0.3) is 0 Å². The zero-order chi connectivity index (χ0) is 14.1. The van der Waals surface area contributed by atoms with Crippen LogP contribution in [0, 0.1) is 5.92 Å². The van der Waals surface area contributed by atoms with E-state index >= 15 is 0 Å². The molecule has 0 saturated heterocycles. The Morgan fingerprint density at radius 2 is 1.79 bits per heavy atom. The fourth-order valence-electron chi connectivity index (χ4n) is 2.07.